The Hall–Kier alpha value is -2.82. The number of nitrogens with zero attached hydrogens (tertiary/aromatic N) is 1. The third kappa shape index (κ3) is 9.08. The zero-order chi connectivity index (χ0) is 29.4. The van der Waals surface area contributed by atoms with E-state index in [9.17, 15) is 9.59 Å². The van der Waals surface area contributed by atoms with Gasteiger partial charge in [-0.05, 0) is 59.1 Å². The number of carbonyl (C=O) groups is 2. The summed E-state index contributed by atoms with van der Waals surface area (Å²) in [5.74, 6) is -0.153. The summed E-state index contributed by atoms with van der Waals surface area (Å²) in [5, 5.41) is 4.19. The first-order valence-corrected chi connectivity index (χ1v) is 15.5. The van der Waals surface area contributed by atoms with E-state index in [0.717, 1.165) is 42.4 Å². The highest BCUT2D eigenvalue weighted by atomic mass is 35.5. The molecule has 4 nitrogen and oxygen atoms in total. The fourth-order valence-electron chi connectivity index (χ4n) is 5.50. The Bertz CT molecular complexity index is 1300. The lowest BCUT2D eigenvalue weighted by atomic mass is 9.86. The molecule has 3 aromatic carbocycles. The van der Waals surface area contributed by atoms with Crippen LogP contribution in [0, 0.1) is 0 Å². The van der Waals surface area contributed by atoms with Crippen LogP contribution < -0.4 is 5.32 Å². The van der Waals surface area contributed by atoms with E-state index in [4.69, 9.17) is 23.2 Å². The Morgan fingerprint density at radius 3 is 2.15 bits per heavy atom. The number of amides is 2. The normalized spacial score (nSPS) is 14.9. The molecule has 0 aliphatic heterocycles. The number of rotatable bonds is 10. The molecule has 1 saturated carbocycles. The maximum atomic E-state index is 14.0. The molecule has 1 aliphatic carbocycles. The van der Waals surface area contributed by atoms with Crippen molar-refractivity contribution in [2.24, 2.45) is 0 Å². The Balaban J connectivity index is 1.60. The van der Waals surface area contributed by atoms with Gasteiger partial charge in [0.05, 0.1) is 10.0 Å². The van der Waals surface area contributed by atoms with Gasteiger partial charge in [0.25, 0.3) is 0 Å². The van der Waals surface area contributed by atoms with E-state index in [-0.39, 0.29) is 29.8 Å². The average Bonchev–Trinajstić information content (AvgIpc) is 2.96. The second-order valence-electron chi connectivity index (χ2n) is 12.3. The highest BCUT2D eigenvalue weighted by Gasteiger charge is 2.32. The monoisotopic (exact) mass is 592 g/mol. The van der Waals surface area contributed by atoms with Gasteiger partial charge < -0.3 is 10.2 Å². The molecule has 0 saturated heterocycles. The predicted octanol–water partition coefficient (Wildman–Crippen LogP) is 8.31. The van der Waals surface area contributed by atoms with Gasteiger partial charge in [-0.1, -0.05) is 124 Å². The molecule has 0 heterocycles. The number of hydrogen-bond donors (Lipinski definition) is 1. The second-order valence-corrected chi connectivity index (χ2v) is 13.1. The summed E-state index contributed by atoms with van der Waals surface area (Å²) in [6, 6.07) is 23.3. The van der Waals surface area contributed by atoms with Gasteiger partial charge in [0.2, 0.25) is 11.8 Å². The Kier molecular flexibility index (Phi) is 10.9. The Morgan fingerprint density at radius 1 is 0.854 bits per heavy atom. The van der Waals surface area contributed by atoms with Crippen LogP contribution in [-0.2, 0) is 34.4 Å². The molecule has 0 unspecified atom stereocenters. The van der Waals surface area contributed by atoms with Crippen molar-refractivity contribution in [3.05, 3.63) is 105 Å². The second kappa shape index (κ2) is 14.4. The molecule has 1 N–H and O–H groups in total. The van der Waals surface area contributed by atoms with Crippen molar-refractivity contribution in [2.75, 3.05) is 0 Å². The summed E-state index contributed by atoms with van der Waals surface area (Å²) < 4.78 is 0. The van der Waals surface area contributed by atoms with Gasteiger partial charge in [-0.15, -0.1) is 0 Å². The number of benzene rings is 3. The first-order chi connectivity index (χ1) is 19.6. The fraction of sp³-hybridized carbons (Fsp3) is 0.429. The molecule has 1 fully saturated rings. The summed E-state index contributed by atoms with van der Waals surface area (Å²) in [7, 11) is 0. The molecule has 2 amide bonds. The molecule has 6 heteroatoms. The molecule has 0 aromatic heterocycles. The molecule has 3 aromatic rings. The summed E-state index contributed by atoms with van der Waals surface area (Å²) in [6.07, 6.45) is 6.75. The Labute approximate surface area is 255 Å². The molecular weight excluding hydrogens is 551 g/mol. The van der Waals surface area contributed by atoms with Crippen molar-refractivity contribution in [2.45, 2.75) is 96.2 Å². The molecule has 0 bridgehead atoms. The van der Waals surface area contributed by atoms with E-state index >= 15 is 0 Å². The summed E-state index contributed by atoms with van der Waals surface area (Å²) in [4.78, 5) is 29.7. The molecular formula is C35H42Cl2N2O2. The zero-order valence-electron chi connectivity index (χ0n) is 24.5. The van der Waals surface area contributed by atoms with Gasteiger partial charge >= 0.3 is 0 Å². The minimum absolute atomic E-state index is 0.0595. The number of nitrogens with one attached hydrogen (secondary N) is 1. The third-order valence-corrected chi connectivity index (χ3v) is 8.75. The zero-order valence-corrected chi connectivity index (χ0v) is 26.0. The highest BCUT2D eigenvalue weighted by Crippen LogP contribution is 2.26. The molecule has 4 rings (SSSR count). The minimum Gasteiger partial charge on any atom is -0.352 e. The SMILES string of the molecule is CC(C)(C)c1ccc(CCC(=O)N(Cc2ccc(Cl)c(Cl)c2)[C@H](Cc2ccccc2)C(=O)NC2CCCCC2)cc1. The van der Waals surface area contributed by atoms with E-state index in [2.05, 4.69) is 50.4 Å². The van der Waals surface area contributed by atoms with Crippen molar-refractivity contribution in [1.82, 2.24) is 10.2 Å². The standard InChI is InChI=1S/C35H42Cl2N2O2/c1-35(2,3)28-18-14-25(15-19-28)17-21-33(40)39(24-27-16-20-30(36)31(37)22-27)32(23-26-10-6-4-7-11-26)34(41)38-29-12-8-5-9-13-29/h4,6-7,10-11,14-16,18-20,22,29,32H,5,8-9,12-13,17,21,23-24H2,1-3H3,(H,38,41)/t32-/m1/s1. The van der Waals surface area contributed by atoms with Gasteiger partial charge in [-0.3, -0.25) is 9.59 Å². The first kappa shape index (κ1) is 31.1. The quantitative estimate of drug-likeness (QED) is 0.257. The van der Waals surface area contributed by atoms with Gasteiger partial charge in [0.15, 0.2) is 0 Å². The topological polar surface area (TPSA) is 49.4 Å². The van der Waals surface area contributed by atoms with Crippen molar-refractivity contribution in [3.63, 3.8) is 0 Å². The number of carbonyl (C=O) groups excluding carboxylic acids is 2. The largest absolute Gasteiger partial charge is 0.352 e. The maximum Gasteiger partial charge on any atom is 0.243 e. The van der Waals surface area contributed by atoms with Crippen LogP contribution in [0.25, 0.3) is 0 Å². The van der Waals surface area contributed by atoms with Crippen LogP contribution in [0.2, 0.25) is 10.0 Å². The van der Waals surface area contributed by atoms with Crippen molar-refractivity contribution < 1.29 is 9.59 Å². The fourth-order valence-corrected chi connectivity index (χ4v) is 5.82. The van der Waals surface area contributed by atoms with Crippen LogP contribution >= 0.6 is 23.2 Å². The lowest BCUT2D eigenvalue weighted by molar-refractivity contribution is -0.141. The van der Waals surface area contributed by atoms with Crippen LogP contribution in [0.15, 0.2) is 72.8 Å². The number of halogens is 2. The summed E-state index contributed by atoms with van der Waals surface area (Å²) >= 11 is 12.5. The third-order valence-electron chi connectivity index (χ3n) is 8.01. The van der Waals surface area contributed by atoms with Crippen LogP contribution in [-0.4, -0.2) is 28.8 Å². The van der Waals surface area contributed by atoms with Gasteiger partial charge in [-0.25, -0.2) is 0 Å². The van der Waals surface area contributed by atoms with Crippen LogP contribution in [0.1, 0.15) is 81.5 Å². The summed E-state index contributed by atoms with van der Waals surface area (Å²) in [5.41, 5.74) is 4.29. The van der Waals surface area contributed by atoms with Gasteiger partial charge in [-0.2, -0.15) is 0 Å². The van der Waals surface area contributed by atoms with Crippen molar-refractivity contribution in [1.29, 1.82) is 0 Å². The molecule has 1 aliphatic rings. The predicted molar refractivity (Wildman–Crippen MR) is 169 cm³/mol. The van der Waals surface area contributed by atoms with E-state index in [1.807, 2.05) is 36.4 Å². The minimum atomic E-state index is -0.649. The van der Waals surface area contributed by atoms with Crippen LogP contribution in [0.5, 0.6) is 0 Å². The van der Waals surface area contributed by atoms with E-state index in [1.54, 1.807) is 17.0 Å². The lowest BCUT2D eigenvalue weighted by Crippen LogP contribution is -2.52. The van der Waals surface area contributed by atoms with Gasteiger partial charge in [0.1, 0.15) is 6.04 Å². The Morgan fingerprint density at radius 2 is 1.51 bits per heavy atom. The van der Waals surface area contributed by atoms with Crippen LogP contribution in [0.4, 0.5) is 0 Å². The molecule has 41 heavy (non-hydrogen) atoms. The van der Waals surface area contributed by atoms with Crippen LogP contribution in [0.3, 0.4) is 0 Å². The summed E-state index contributed by atoms with van der Waals surface area (Å²) in [6.45, 7) is 6.85. The molecule has 1 atom stereocenters. The van der Waals surface area contributed by atoms with E-state index < -0.39 is 6.04 Å². The maximum absolute atomic E-state index is 14.0. The highest BCUT2D eigenvalue weighted by molar-refractivity contribution is 6.42. The van der Waals surface area contributed by atoms with E-state index in [1.165, 1.54) is 12.0 Å². The first-order valence-electron chi connectivity index (χ1n) is 14.8. The average molecular weight is 594 g/mol. The number of hydrogen-bond acceptors (Lipinski definition) is 2. The molecule has 0 radical (unpaired) electrons. The van der Waals surface area contributed by atoms with E-state index in [0.29, 0.717) is 29.3 Å². The number of aryl methyl sites for hydroxylation is 1. The molecule has 0 spiro atoms. The van der Waals surface area contributed by atoms with Gasteiger partial charge in [0, 0.05) is 25.4 Å². The lowest BCUT2D eigenvalue weighted by Gasteiger charge is -2.33. The smallest absolute Gasteiger partial charge is 0.243 e. The van der Waals surface area contributed by atoms with Crippen molar-refractivity contribution >= 4 is 35.0 Å². The van der Waals surface area contributed by atoms with Crippen molar-refractivity contribution in [3.8, 4) is 0 Å². The molecule has 218 valence electrons.